The number of carbonyl (C=O) groups is 2. The van der Waals surface area contributed by atoms with Gasteiger partial charge in [-0.15, -0.1) is 0 Å². The van der Waals surface area contributed by atoms with E-state index in [0.29, 0.717) is 5.56 Å². The Morgan fingerprint density at radius 2 is 1.75 bits per heavy atom. The number of carbonyl (C=O) groups excluding carboxylic acids is 2. The van der Waals surface area contributed by atoms with Gasteiger partial charge in [0.25, 0.3) is 5.91 Å². The largest absolute Gasteiger partial charge is 0.449 e. The Kier molecular flexibility index (Phi) is 7.86. The first-order valence-electron chi connectivity index (χ1n) is 10.6. The van der Waals surface area contributed by atoms with Crippen LogP contribution in [0.1, 0.15) is 61.4 Å². The van der Waals surface area contributed by atoms with Crippen LogP contribution in [-0.4, -0.2) is 50.3 Å². The minimum atomic E-state index is -0.784. The Balaban J connectivity index is 1.46. The average molecular weight is 390 g/mol. The number of rotatable bonds is 6. The molecule has 1 heterocycles. The fourth-order valence-electron chi connectivity index (χ4n) is 3.91. The van der Waals surface area contributed by atoms with Gasteiger partial charge < -0.3 is 19.7 Å². The maximum Gasteiger partial charge on any atom is 0.338 e. The summed E-state index contributed by atoms with van der Waals surface area (Å²) in [7, 11) is 0. The molecule has 1 aliphatic heterocycles. The molecule has 1 aliphatic carbocycles. The summed E-state index contributed by atoms with van der Waals surface area (Å²) in [6.07, 6.45) is 6.01. The van der Waals surface area contributed by atoms with E-state index in [1.54, 1.807) is 19.1 Å². The second kappa shape index (κ2) is 10.6. The van der Waals surface area contributed by atoms with Gasteiger partial charge in [-0.05, 0) is 31.9 Å². The first kappa shape index (κ1) is 20.8. The van der Waals surface area contributed by atoms with Crippen molar-refractivity contribution in [2.45, 2.75) is 64.1 Å². The van der Waals surface area contributed by atoms with Crippen LogP contribution in [0.5, 0.6) is 0 Å². The minimum Gasteiger partial charge on any atom is -0.449 e. The van der Waals surface area contributed by atoms with E-state index in [9.17, 15) is 9.59 Å². The van der Waals surface area contributed by atoms with E-state index in [1.807, 2.05) is 12.1 Å². The maximum atomic E-state index is 12.4. The average Bonchev–Trinajstić information content (AvgIpc) is 2.98. The first-order chi connectivity index (χ1) is 13.6. The van der Waals surface area contributed by atoms with Crippen molar-refractivity contribution in [2.24, 2.45) is 0 Å². The molecule has 1 saturated carbocycles. The predicted molar refractivity (Wildman–Crippen MR) is 106 cm³/mol. The number of benzene rings is 1. The van der Waals surface area contributed by atoms with Gasteiger partial charge in [-0.25, -0.2) is 4.79 Å². The van der Waals surface area contributed by atoms with Crippen LogP contribution in [0.25, 0.3) is 0 Å². The van der Waals surface area contributed by atoms with Gasteiger partial charge in [0.05, 0.1) is 18.8 Å². The van der Waals surface area contributed by atoms with E-state index in [1.165, 1.54) is 23.3 Å². The highest BCUT2D eigenvalue weighted by atomic mass is 16.5. The molecule has 2 N–H and O–H groups in total. The van der Waals surface area contributed by atoms with Crippen LogP contribution in [0.2, 0.25) is 0 Å². The Hall–Kier alpha value is -1.92. The van der Waals surface area contributed by atoms with Crippen molar-refractivity contribution in [1.29, 1.82) is 0 Å². The number of hydrogen-bond acceptors (Lipinski definition) is 4. The molecule has 6 nitrogen and oxygen atoms in total. The molecule has 1 atom stereocenters. The van der Waals surface area contributed by atoms with Gasteiger partial charge in [-0.3, -0.25) is 4.79 Å². The molecule has 0 spiro atoms. The molecule has 6 heteroatoms. The van der Waals surface area contributed by atoms with E-state index >= 15 is 0 Å². The zero-order valence-corrected chi connectivity index (χ0v) is 16.9. The zero-order chi connectivity index (χ0) is 19.8. The number of esters is 1. The lowest BCUT2D eigenvalue weighted by Crippen LogP contribution is -3.12. The third kappa shape index (κ3) is 6.31. The maximum absolute atomic E-state index is 12.4. The monoisotopic (exact) mass is 389 g/mol. The van der Waals surface area contributed by atoms with E-state index in [2.05, 4.69) is 5.32 Å². The van der Waals surface area contributed by atoms with Gasteiger partial charge in [-0.1, -0.05) is 37.8 Å². The lowest BCUT2D eigenvalue weighted by atomic mass is 10.1. The van der Waals surface area contributed by atoms with Crippen LogP contribution in [0, 0.1) is 0 Å². The molecule has 1 aromatic carbocycles. The number of amides is 1. The normalized spacial score (nSPS) is 20.2. The SMILES string of the molecule is C[C@H](OC(=O)c1ccc(C[NH+]2CCOCC2)cc1)C(=O)NC1CCCCCC1. The summed E-state index contributed by atoms with van der Waals surface area (Å²) in [5.74, 6) is -0.651. The van der Waals surface area contributed by atoms with Crippen LogP contribution in [0.3, 0.4) is 0 Å². The Labute approximate surface area is 167 Å². The zero-order valence-electron chi connectivity index (χ0n) is 16.9. The van der Waals surface area contributed by atoms with E-state index in [-0.39, 0.29) is 11.9 Å². The Morgan fingerprint density at radius 3 is 2.39 bits per heavy atom. The van der Waals surface area contributed by atoms with Crippen molar-refractivity contribution in [2.75, 3.05) is 26.3 Å². The molecule has 154 valence electrons. The van der Waals surface area contributed by atoms with Crippen molar-refractivity contribution >= 4 is 11.9 Å². The van der Waals surface area contributed by atoms with Gasteiger partial charge in [-0.2, -0.15) is 0 Å². The van der Waals surface area contributed by atoms with Gasteiger partial charge in [0, 0.05) is 11.6 Å². The van der Waals surface area contributed by atoms with Crippen LogP contribution < -0.4 is 10.2 Å². The smallest absolute Gasteiger partial charge is 0.338 e. The minimum absolute atomic E-state index is 0.201. The number of nitrogens with one attached hydrogen (secondary N) is 2. The molecule has 2 fully saturated rings. The highest BCUT2D eigenvalue weighted by molar-refractivity contribution is 5.92. The quantitative estimate of drug-likeness (QED) is 0.571. The lowest BCUT2D eigenvalue weighted by molar-refractivity contribution is -0.921. The summed E-state index contributed by atoms with van der Waals surface area (Å²) >= 11 is 0. The van der Waals surface area contributed by atoms with E-state index in [0.717, 1.165) is 58.5 Å². The van der Waals surface area contributed by atoms with Crippen LogP contribution >= 0.6 is 0 Å². The second-order valence-corrected chi connectivity index (χ2v) is 7.98. The van der Waals surface area contributed by atoms with E-state index in [4.69, 9.17) is 9.47 Å². The third-order valence-electron chi connectivity index (χ3n) is 5.70. The molecular weight excluding hydrogens is 356 g/mol. The molecule has 0 radical (unpaired) electrons. The van der Waals surface area contributed by atoms with Crippen molar-refractivity contribution in [1.82, 2.24) is 5.32 Å². The van der Waals surface area contributed by atoms with Crippen LogP contribution in [0.15, 0.2) is 24.3 Å². The summed E-state index contributed by atoms with van der Waals surface area (Å²) in [4.78, 5) is 26.2. The van der Waals surface area contributed by atoms with Gasteiger partial charge in [0.1, 0.15) is 19.6 Å². The molecule has 1 saturated heterocycles. The first-order valence-corrected chi connectivity index (χ1v) is 10.6. The fourth-order valence-corrected chi connectivity index (χ4v) is 3.91. The molecular formula is C22H33N2O4+. The van der Waals surface area contributed by atoms with Gasteiger partial charge in [0.2, 0.25) is 0 Å². The highest BCUT2D eigenvalue weighted by Crippen LogP contribution is 2.17. The predicted octanol–water partition coefficient (Wildman–Crippen LogP) is 1.49. The summed E-state index contributed by atoms with van der Waals surface area (Å²) in [5, 5.41) is 3.04. The molecule has 1 aromatic rings. The van der Waals surface area contributed by atoms with Crippen molar-refractivity contribution in [3.63, 3.8) is 0 Å². The van der Waals surface area contributed by atoms with Crippen molar-refractivity contribution < 1.29 is 24.0 Å². The number of hydrogen-bond donors (Lipinski definition) is 2. The summed E-state index contributed by atoms with van der Waals surface area (Å²) < 4.78 is 10.8. The molecule has 2 aliphatic rings. The van der Waals surface area contributed by atoms with Gasteiger partial charge >= 0.3 is 5.97 Å². The standard InChI is InChI=1S/C22H32N2O4/c1-17(21(25)23-20-6-4-2-3-5-7-20)28-22(26)19-10-8-18(9-11-19)16-24-12-14-27-15-13-24/h8-11,17,20H,2-7,12-16H2,1H3,(H,23,25)/p+1/t17-/m0/s1. The molecule has 0 bridgehead atoms. The molecule has 1 amide bonds. The lowest BCUT2D eigenvalue weighted by Gasteiger charge is -2.23. The number of quaternary nitrogens is 1. The van der Waals surface area contributed by atoms with Crippen LogP contribution in [-0.2, 0) is 20.8 Å². The second-order valence-electron chi connectivity index (χ2n) is 7.98. The van der Waals surface area contributed by atoms with Gasteiger partial charge in [0.15, 0.2) is 6.10 Å². The molecule has 3 rings (SSSR count). The Bertz CT molecular complexity index is 632. The molecule has 0 aromatic heterocycles. The molecule has 28 heavy (non-hydrogen) atoms. The third-order valence-corrected chi connectivity index (χ3v) is 5.70. The van der Waals surface area contributed by atoms with Crippen molar-refractivity contribution in [3.05, 3.63) is 35.4 Å². The summed E-state index contributed by atoms with van der Waals surface area (Å²) in [5.41, 5.74) is 1.67. The van der Waals surface area contributed by atoms with E-state index < -0.39 is 12.1 Å². The van der Waals surface area contributed by atoms with Crippen LogP contribution in [0.4, 0.5) is 0 Å². The highest BCUT2D eigenvalue weighted by Gasteiger charge is 2.22. The molecule has 0 unspecified atom stereocenters. The number of ether oxygens (including phenoxy) is 2. The number of morpholine rings is 1. The Morgan fingerprint density at radius 1 is 1.11 bits per heavy atom. The topological polar surface area (TPSA) is 69.1 Å². The summed E-state index contributed by atoms with van der Waals surface area (Å²) in [6, 6.07) is 7.71. The van der Waals surface area contributed by atoms with Crippen molar-refractivity contribution in [3.8, 4) is 0 Å². The summed E-state index contributed by atoms with van der Waals surface area (Å²) in [6.45, 7) is 6.20. The fraction of sp³-hybridized carbons (Fsp3) is 0.636.